The van der Waals surface area contributed by atoms with E-state index in [2.05, 4.69) is 5.32 Å². The summed E-state index contributed by atoms with van der Waals surface area (Å²) < 4.78 is 5.05. The second-order valence-electron chi connectivity index (χ2n) is 4.09. The fourth-order valence-corrected chi connectivity index (χ4v) is 2.39. The maximum absolute atomic E-state index is 12.0. The van der Waals surface area contributed by atoms with Crippen LogP contribution in [0, 0.1) is 6.92 Å². The van der Waals surface area contributed by atoms with Gasteiger partial charge in [0.2, 0.25) is 0 Å². The first-order valence-corrected chi connectivity index (χ1v) is 6.50. The Morgan fingerprint density at radius 3 is 2.58 bits per heavy atom. The number of carbonyl (C=O) groups is 2. The van der Waals surface area contributed by atoms with Crippen LogP contribution in [-0.2, 0) is 4.74 Å². The van der Waals surface area contributed by atoms with Crippen molar-refractivity contribution in [2.45, 2.75) is 26.0 Å². The van der Waals surface area contributed by atoms with Crippen LogP contribution in [0.3, 0.4) is 0 Å². The van der Waals surface area contributed by atoms with Crippen molar-refractivity contribution >= 4 is 23.2 Å². The minimum absolute atomic E-state index is 0.114. The molecule has 3 N–H and O–H groups in total. The number of aromatic carboxylic acids is 1. The number of methoxy groups -OCH3 is 1. The highest BCUT2D eigenvalue weighted by Crippen LogP contribution is 2.21. The molecule has 1 aromatic rings. The highest BCUT2D eigenvalue weighted by Gasteiger charge is 2.22. The van der Waals surface area contributed by atoms with Crippen LogP contribution in [0.25, 0.3) is 0 Å². The zero-order valence-corrected chi connectivity index (χ0v) is 11.8. The van der Waals surface area contributed by atoms with E-state index in [1.165, 1.54) is 13.2 Å². The van der Waals surface area contributed by atoms with E-state index in [4.69, 9.17) is 9.84 Å². The molecule has 0 unspecified atom stereocenters. The molecule has 0 aliphatic rings. The van der Waals surface area contributed by atoms with Crippen LogP contribution in [0.5, 0.6) is 0 Å². The summed E-state index contributed by atoms with van der Waals surface area (Å²) in [6.07, 6.45) is -0.341. The molecule has 6 nitrogen and oxygen atoms in total. The van der Waals surface area contributed by atoms with Crippen molar-refractivity contribution < 1.29 is 24.5 Å². The number of aryl methyl sites for hydroxylation is 1. The van der Waals surface area contributed by atoms with Crippen molar-refractivity contribution in [1.29, 1.82) is 0 Å². The standard InChI is InChI=1S/C12H17NO5S/c1-6(18-3)9(5-14)13-11(15)8-4-10(12(16)17)19-7(8)2/h4,6,9,14H,5H2,1-3H3,(H,13,15)(H,16,17)/t6-,9-/m1/s1. The van der Waals surface area contributed by atoms with Gasteiger partial charge >= 0.3 is 5.97 Å². The molecular weight excluding hydrogens is 270 g/mol. The molecule has 0 fully saturated rings. The molecule has 0 saturated heterocycles. The third-order valence-electron chi connectivity index (χ3n) is 2.82. The number of rotatable bonds is 6. The summed E-state index contributed by atoms with van der Waals surface area (Å²) in [7, 11) is 1.48. The van der Waals surface area contributed by atoms with Crippen LogP contribution in [0.15, 0.2) is 6.07 Å². The van der Waals surface area contributed by atoms with Crippen LogP contribution in [0.1, 0.15) is 31.8 Å². The molecule has 19 heavy (non-hydrogen) atoms. The summed E-state index contributed by atoms with van der Waals surface area (Å²) in [5.41, 5.74) is 0.309. The fraction of sp³-hybridized carbons (Fsp3) is 0.500. The lowest BCUT2D eigenvalue weighted by Crippen LogP contribution is -2.45. The van der Waals surface area contributed by atoms with E-state index in [0.29, 0.717) is 10.4 Å². The predicted molar refractivity (Wildman–Crippen MR) is 70.8 cm³/mol. The van der Waals surface area contributed by atoms with Crippen molar-refractivity contribution in [3.05, 3.63) is 21.4 Å². The number of hydrogen-bond donors (Lipinski definition) is 3. The molecule has 0 spiro atoms. The number of nitrogens with one attached hydrogen (secondary N) is 1. The number of carbonyl (C=O) groups excluding carboxylic acids is 1. The first kappa shape index (κ1) is 15.6. The molecule has 1 heterocycles. The van der Waals surface area contributed by atoms with E-state index in [9.17, 15) is 14.7 Å². The van der Waals surface area contributed by atoms with Gasteiger partial charge in [-0.15, -0.1) is 11.3 Å². The Bertz CT molecular complexity index is 471. The summed E-state index contributed by atoms with van der Waals surface area (Å²) in [6, 6.07) is 0.800. The Morgan fingerprint density at radius 1 is 1.53 bits per heavy atom. The van der Waals surface area contributed by atoms with Crippen LogP contribution in [-0.4, -0.2) is 48.0 Å². The van der Waals surface area contributed by atoms with Crippen molar-refractivity contribution in [2.75, 3.05) is 13.7 Å². The third kappa shape index (κ3) is 3.76. The highest BCUT2D eigenvalue weighted by atomic mass is 32.1. The van der Waals surface area contributed by atoms with E-state index >= 15 is 0 Å². The molecule has 1 amide bonds. The van der Waals surface area contributed by atoms with Gasteiger partial charge in [0.05, 0.1) is 24.3 Å². The number of carboxylic acid groups (broad SMARTS) is 1. The molecule has 7 heteroatoms. The van der Waals surface area contributed by atoms with Gasteiger partial charge in [-0.2, -0.15) is 0 Å². The molecule has 106 valence electrons. The number of carboxylic acids is 1. The highest BCUT2D eigenvalue weighted by molar-refractivity contribution is 7.14. The maximum Gasteiger partial charge on any atom is 0.345 e. The maximum atomic E-state index is 12.0. The number of ether oxygens (including phenoxy) is 1. The van der Waals surface area contributed by atoms with Gasteiger partial charge in [-0.25, -0.2) is 4.79 Å². The number of amides is 1. The van der Waals surface area contributed by atoms with Crippen LogP contribution < -0.4 is 5.32 Å². The summed E-state index contributed by atoms with van der Waals surface area (Å²) >= 11 is 1.05. The Balaban J connectivity index is 2.85. The first-order chi connectivity index (χ1) is 8.90. The van der Waals surface area contributed by atoms with Gasteiger partial charge in [0, 0.05) is 12.0 Å². The molecule has 0 aliphatic heterocycles. The lowest BCUT2D eigenvalue weighted by molar-refractivity contribution is 0.0524. The van der Waals surface area contributed by atoms with Crippen molar-refractivity contribution in [3.63, 3.8) is 0 Å². The minimum Gasteiger partial charge on any atom is -0.477 e. The Morgan fingerprint density at radius 2 is 2.16 bits per heavy atom. The molecular formula is C12H17NO5S. The van der Waals surface area contributed by atoms with E-state index < -0.39 is 17.9 Å². The SMILES string of the molecule is CO[C@H](C)[C@@H](CO)NC(=O)c1cc(C(=O)O)sc1C. The zero-order chi connectivity index (χ0) is 14.6. The molecule has 0 saturated carbocycles. The fourth-order valence-electron chi connectivity index (χ4n) is 1.53. The Hall–Kier alpha value is -1.44. The van der Waals surface area contributed by atoms with Gasteiger partial charge in [0.15, 0.2) is 0 Å². The lowest BCUT2D eigenvalue weighted by Gasteiger charge is -2.21. The van der Waals surface area contributed by atoms with Crippen molar-refractivity contribution in [3.8, 4) is 0 Å². The normalized spacial score (nSPS) is 13.9. The van der Waals surface area contributed by atoms with Crippen molar-refractivity contribution in [2.24, 2.45) is 0 Å². The second-order valence-corrected chi connectivity index (χ2v) is 5.35. The summed E-state index contributed by atoms with van der Waals surface area (Å²) in [6.45, 7) is 3.15. The Kier molecular flexibility index (Phi) is 5.46. The van der Waals surface area contributed by atoms with E-state index in [1.807, 2.05) is 0 Å². The van der Waals surface area contributed by atoms with Crippen LogP contribution in [0.2, 0.25) is 0 Å². The average Bonchev–Trinajstić information content (AvgIpc) is 2.77. The van der Waals surface area contributed by atoms with Crippen LogP contribution in [0.4, 0.5) is 0 Å². The summed E-state index contributed by atoms with van der Waals surface area (Å²) in [5.74, 6) is -1.47. The largest absolute Gasteiger partial charge is 0.477 e. The molecule has 1 rings (SSSR count). The van der Waals surface area contributed by atoms with Gasteiger partial charge in [0.25, 0.3) is 5.91 Å². The number of thiophene rings is 1. The lowest BCUT2D eigenvalue weighted by atomic mass is 10.1. The summed E-state index contributed by atoms with van der Waals surface area (Å²) in [4.78, 5) is 23.6. The Labute approximate surface area is 115 Å². The van der Waals surface area contributed by atoms with Gasteiger partial charge in [-0.1, -0.05) is 0 Å². The van der Waals surface area contributed by atoms with Gasteiger partial charge < -0.3 is 20.3 Å². The van der Waals surface area contributed by atoms with Gasteiger partial charge in [-0.05, 0) is 19.9 Å². The minimum atomic E-state index is -1.06. The van der Waals surface area contributed by atoms with Crippen LogP contribution >= 0.6 is 11.3 Å². The molecule has 0 aliphatic carbocycles. The molecule has 0 aromatic carbocycles. The molecule has 0 bridgehead atoms. The zero-order valence-electron chi connectivity index (χ0n) is 11.0. The topological polar surface area (TPSA) is 95.9 Å². The second kappa shape index (κ2) is 6.65. The number of hydrogen-bond acceptors (Lipinski definition) is 5. The van der Waals surface area contributed by atoms with E-state index in [1.54, 1.807) is 13.8 Å². The van der Waals surface area contributed by atoms with Gasteiger partial charge in [-0.3, -0.25) is 4.79 Å². The third-order valence-corrected chi connectivity index (χ3v) is 3.86. The van der Waals surface area contributed by atoms with Gasteiger partial charge in [0.1, 0.15) is 4.88 Å². The van der Waals surface area contributed by atoms with E-state index in [-0.39, 0.29) is 17.6 Å². The predicted octanol–water partition coefficient (Wildman–Crippen LogP) is 0.880. The smallest absolute Gasteiger partial charge is 0.345 e. The molecule has 2 atom stereocenters. The molecule has 0 radical (unpaired) electrons. The molecule has 1 aromatic heterocycles. The number of aliphatic hydroxyl groups excluding tert-OH is 1. The number of aliphatic hydroxyl groups is 1. The van der Waals surface area contributed by atoms with Crippen molar-refractivity contribution in [1.82, 2.24) is 5.32 Å². The quantitative estimate of drug-likeness (QED) is 0.722. The van der Waals surface area contributed by atoms with E-state index in [0.717, 1.165) is 11.3 Å². The first-order valence-electron chi connectivity index (χ1n) is 5.69. The summed E-state index contributed by atoms with van der Waals surface area (Å²) in [5, 5.41) is 20.7. The average molecular weight is 287 g/mol. The monoisotopic (exact) mass is 287 g/mol.